The van der Waals surface area contributed by atoms with Crippen LogP contribution < -0.4 is 16.0 Å². The lowest BCUT2D eigenvalue weighted by Crippen LogP contribution is -2.45. The van der Waals surface area contributed by atoms with Crippen LogP contribution in [0.4, 0.5) is 0 Å². The van der Waals surface area contributed by atoms with Gasteiger partial charge in [-0.3, -0.25) is 9.79 Å². The predicted octanol–water partition coefficient (Wildman–Crippen LogP) is 3.00. The fraction of sp³-hybridized carbons (Fsp3) is 0.368. The molecular formula is C19H25IN4O2S. The molecule has 146 valence electrons. The van der Waals surface area contributed by atoms with Crippen molar-refractivity contribution < 1.29 is 9.21 Å². The number of aliphatic imine (C=N–C) groups is 1. The second-order valence-corrected chi connectivity index (χ2v) is 7.78. The molecule has 1 aromatic carbocycles. The van der Waals surface area contributed by atoms with Crippen LogP contribution in [0.2, 0.25) is 0 Å². The van der Waals surface area contributed by atoms with E-state index in [1.54, 1.807) is 19.4 Å². The summed E-state index contributed by atoms with van der Waals surface area (Å²) in [5.74, 6) is 1.26. The summed E-state index contributed by atoms with van der Waals surface area (Å²) in [6.07, 6.45) is 3.95. The maximum atomic E-state index is 11.9. The van der Waals surface area contributed by atoms with E-state index in [-0.39, 0.29) is 41.2 Å². The number of guanidine groups is 1. The van der Waals surface area contributed by atoms with Gasteiger partial charge in [0.15, 0.2) is 5.96 Å². The Labute approximate surface area is 181 Å². The Morgan fingerprint density at radius 1 is 1.15 bits per heavy atom. The van der Waals surface area contributed by atoms with Crippen molar-refractivity contribution in [1.82, 2.24) is 16.0 Å². The van der Waals surface area contributed by atoms with Gasteiger partial charge < -0.3 is 20.4 Å². The van der Waals surface area contributed by atoms with Crippen molar-refractivity contribution >= 4 is 47.6 Å². The minimum Gasteiger partial charge on any atom is -0.467 e. The van der Waals surface area contributed by atoms with Crippen LogP contribution >= 0.6 is 35.7 Å². The molecule has 1 heterocycles. The van der Waals surface area contributed by atoms with E-state index in [9.17, 15) is 4.79 Å². The molecule has 8 heteroatoms. The molecule has 0 unspecified atom stereocenters. The van der Waals surface area contributed by atoms with Crippen molar-refractivity contribution in [3.05, 3.63) is 54.5 Å². The Balaban J connectivity index is 0.00000261. The summed E-state index contributed by atoms with van der Waals surface area (Å²) in [6.45, 7) is 1.37. The summed E-state index contributed by atoms with van der Waals surface area (Å²) >= 11 is 1.91. The zero-order valence-corrected chi connectivity index (χ0v) is 18.4. The van der Waals surface area contributed by atoms with E-state index in [0.717, 1.165) is 12.3 Å². The highest BCUT2D eigenvalue weighted by atomic mass is 127. The van der Waals surface area contributed by atoms with E-state index in [2.05, 4.69) is 45.2 Å². The Morgan fingerprint density at radius 3 is 2.56 bits per heavy atom. The number of benzene rings is 1. The van der Waals surface area contributed by atoms with Crippen LogP contribution in [0.3, 0.4) is 0 Å². The molecule has 1 aromatic heterocycles. The third-order valence-corrected chi connectivity index (χ3v) is 5.64. The highest BCUT2D eigenvalue weighted by Gasteiger charge is 2.43. The summed E-state index contributed by atoms with van der Waals surface area (Å²) in [6, 6.07) is 14.1. The van der Waals surface area contributed by atoms with Crippen LogP contribution in [0.1, 0.15) is 18.6 Å². The molecule has 1 amide bonds. The van der Waals surface area contributed by atoms with E-state index in [1.807, 2.05) is 23.9 Å². The highest BCUT2D eigenvalue weighted by molar-refractivity contribution is 14.0. The van der Waals surface area contributed by atoms with E-state index < -0.39 is 0 Å². The molecule has 0 saturated heterocycles. The average molecular weight is 500 g/mol. The molecule has 3 N–H and O–H groups in total. The Hall–Kier alpha value is -1.68. The minimum atomic E-state index is -0.107. The molecule has 6 nitrogen and oxygen atoms in total. The van der Waals surface area contributed by atoms with Gasteiger partial charge in [0.25, 0.3) is 0 Å². The van der Waals surface area contributed by atoms with E-state index in [0.29, 0.717) is 12.5 Å². The first-order chi connectivity index (χ1) is 12.7. The third-order valence-electron chi connectivity index (χ3n) is 4.14. The first kappa shape index (κ1) is 21.6. The fourth-order valence-electron chi connectivity index (χ4n) is 2.48. The monoisotopic (exact) mass is 500 g/mol. The molecule has 0 aliphatic heterocycles. The molecule has 3 rings (SSSR count). The Bertz CT molecular complexity index is 733. The van der Waals surface area contributed by atoms with Crippen LogP contribution in [-0.4, -0.2) is 36.8 Å². The predicted molar refractivity (Wildman–Crippen MR) is 120 cm³/mol. The van der Waals surface area contributed by atoms with Crippen molar-refractivity contribution in [2.45, 2.75) is 29.0 Å². The number of carbonyl (C=O) groups is 1. The van der Waals surface area contributed by atoms with Gasteiger partial charge in [0.1, 0.15) is 5.76 Å². The molecular weight excluding hydrogens is 475 g/mol. The molecule has 0 spiro atoms. The SMILES string of the molecule is CN=C(NCC(=O)NCc1ccco1)NCC1(Sc2ccccc2)CC1.I. The number of thioether (sulfide) groups is 1. The summed E-state index contributed by atoms with van der Waals surface area (Å²) in [7, 11) is 1.71. The molecule has 2 aromatic rings. The smallest absolute Gasteiger partial charge is 0.239 e. The zero-order valence-electron chi connectivity index (χ0n) is 15.2. The topological polar surface area (TPSA) is 78.7 Å². The normalized spacial score (nSPS) is 14.8. The van der Waals surface area contributed by atoms with Gasteiger partial charge in [0.2, 0.25) is 5.91 Å². The second kappa shape index (κ2) is 10.6. The van der Waals surface area contributed by atoms with E-state index in [1.165, 1.54) is 17.7 Å². The Kier molecular flexibility index (Phi) is 8.49. The van der Waals surface area contributed by atoms with Crippen molar-refractivity contribution in [1.29, 1.82) is 0 Å². The van der Waals surface area contributed by atoms with Gasteiger partial charge in [-0.2, -0.15) is 0 Å². The molecule has 0 radical (unpaired) electrons. The molecule has 1 fully saturated rings. The number of hydrogen-bond donors (Lipinski definition) is 3. The summed E-state index contributed by atoms with van der Waals surface area (Å²) < 4.78 is 5.41. The number of hydrogen-bond acceptors (Lipinski definition) is 4. The van der Waals surface area contributed by atoms with E-state index in [4.69, 9.17) is 4.42 Å². The quantitative estimate of drug-likeness (QED) is 0.295. The largest absolute Gasteiger partial charge is 0.467 e. The van der Waals surface area contributed by atoms with E-state index >= 15 is 0 Å². The standard InChI is InChI=1S/C19H24N4O2S.HI/c1-20-18(22-13-17(24)21-12-15-6-5-11-25-15)23-14-19(9-10-19)26-16-7-3-2-4-8-16;/h2-8,11H,9-10,12-14H2,1H3,(H,21,24)(H2,20,22,23);1H. The molecule has 1 saturated carbocycles. The van der Waals surface area contributed by atoms with Crippen LogP contribution in [-0.2, 0) is 11.3 Å². The first-order valence-corrected chi connectivity index (χ1v) is 9.48. The van der Waals surface area contributed by atoms with Gasteiger partial charge in [-0.15, -0.1) is 35.7 Å². The van der Waals surface area contributed by atoms with Crippen LogP contribution in [0.25, 0.3) is 0 Å². The van der Waals surface area contributed by atoms with Crippen molar-refractivity contribution in [3.63, 3.8) is 0 Å². The molecule has 0 atom stereocenters. The van der Waals surface area contributed by atoms with Crippen molar-refractivity contribution in [2.24, 2.45) is 4.99 Å². The number of amides is 1. The number of halogens is 1. The lowest BCUT2D eigenvalue weighted by Gasteiger charge is -2.18. The number of furan rings is 1. The number of nitrogens with one attached hydrogen (secondary N) is 3. The maximum absolute atomic E-state index is 11.9. The van der Waals surface area contributed by atoms with Crippen molar-refractivity contribution in [3.8, 4) is 0 Å². The Morgan fingerprint density at radius 2 is 1.93 bits per heavy atom. The third kappa shape index (κ3) is 7.10. The lowest BCUT2D eigenvalue weighted by atomic mass is 10.4. The summed E-state index contributed by atoms with van der Waals surface area (Å²) in [5, 5.41) is 9.19. The minimum absolute atomic E-state index is 0. The van der Waals surface area contributed by atoms with Crippen LogP contribution in [0, 0.1) is 0 Å². The van der Waals surface area contributed by atoms with Crippen LogP contribution in [0.15, 0.2) is 63.0 Å². The molecule has 27 heavy (non-hydrogen) atoms. The average Bonchev–Trinajstić information content (AvgIpc) is 3.21. The second-order valence-electron chi connectivity index (χ2n) is 6.23. The lowest BCUT2D eigenvalue weighted by molar-refractivity contribution is -0.120. The molecule has 1 aliphatic rings. The fourth-order valence-corrected chi connectivity index (χ4v) is 3.73. The van der Waals surface area contributed by atoms with Gasteiger partial charge in [0, 0.05) is 23.2 Å². The number of nitrogens with zero attached hydrogens (tertiary/aromatic N) is 1. The van der Waals surface area contributed by atoms with Crippen LogP contribution in [0.5, 0.6) is 0 Å². The first-order valence-electron chi connectivity index (χ1n) is 8.67. The van der Waals surface area contributed by atoms with Gasteiger partial charge in [-0.1, -0.05) is 18.2 Å². The summed E-state index contributed by atoms with van der Waals surface area (Å²) in [5.41, 5.74) is 0. The number of carbonyl (C=O) groups excluding carboxylic acids is 1. The zero-order chi connectivity index (χ0) is 18.2. The number of rotatable bonds is 8. The summed E-state index contributed by atoms with van der Waals surface area (Å²) in [4.78, 5) is 17.4. The highest BCUT2D eigenvalue weighted by Crippen LogP contribution is 2.51. The molecule has 1 aliphatic carbocycles. The maximum Gasteiger partial charge on any atom is 0.239 e. The van der Waals surface area contributed by atoms with Gasteiger partial charge in [0.05, 0.1) is 19.4 Å². The van der Waals surface area contributed by atoms with Gasteiger partial charge in [-0.25, -0.2) is 0 Å². The van der Waals surface area contributed by atoms with Crippen molar-refractivity contribution in [2.75, 3.05) is 20.1 Å². The van der Waals surface area contributed by atoms with Gasteiger partial charge >= 0.3 is 0 Å². The molecule has 0 bridgehead atoms. The van der Waals surface area contributed by atoms with Gasteiger partial charge in [-0.05, 0) is 37.1 Å².